The topological polar surface area (TPSA) is 12.0 Å². The van der Waals surface area contributed by atoms with E-state index in [0.717, 1.165) is 13.1 Å². The molecule has 1 aromatic carbocycles. The molecule has 1 aliphatic rings. The zero-order chi connectivity index (χ0) is 11.7. The predicted octanol–water partition coefficient (Wildman–Crippen LogP) is 3.69. The van der Waals surface area contributed by atoms with Crippen LogP contribution in [0.25, 0.3) is 0 Å². The van der Waals surface area contributed by atoms with Gasteiger partial charge in [0.2, 0.25) is 0 Å². The highest BCUT2D eigenvalue weighted by atomic mass is 14.9. The normalized spacial score (nSPS) is 12.6. The molecule has 0 unspecified atom stereocenters. The van der Waals surface area contributed by atoms with Crippen molar-refractivity contribution in [3.63, 3.8) is 0 Å². The SMILES string of the molecule is CC.CC.Cc1ccc2c(c1)CCNC2. The van der Waals surface area contributed by atoms with Gasteiger partial charge < -0.3 is 5.32 Å². The van der Waals surface area contributed by atoms with Crippen LogP contribution in [0.4, 0.5) is 0 Å². The van der Waals surface area contributed by atoms with Crippen LogP contribution in [0, 0.1) is 6.92 Å². The van der Waals surface area contributed by atoms with Crippen LogP contribution >= 0.6 is 0 Å². The van der Waals surface area contributed by atoms with Crippen molar-refractivity contribution in [3.05, 3.63) is 34.9 Å². The Hall–Kier alpha value is -0.820. The second-order valence-corrected chi connectivity index (χ2v) is 3.20. The molecule has 0 bridgehead atoms. The number of benzene rings is 1. The Labute approximate surface area is 94.9 Å². The number of hydrogen-bond acceptors (Lipinski definition) is 1. The lowest BCUT2D eigenvalue weighted by molar-refractivity contribution is 0.643. The minimum atomic E-state index is 1.05. The lowest BCUT2D eigenvalue weighted by Gasteiger charge is -2.16. The van der Waals surface area contributed by atoms with Gasteiger partial charge in [-0.05, 0) is 31.0 Å². The van der Waals surface area contributed by atoms with Gasteiger partial charge in [-0.3, -0.25) is 0 Å². The maximum absolute atomic E-state index is 3.36. The Morgan fingerprint density at radius 1 is 1.00 bits per heavy atom. The van der Waals surface area contributed by atoms with Crippen LogP contribution in [-0.2, 0) is 13.0 Å². The Balaban J connectivity index is 0.000000442. The summed E-state index contributed by atoms with van der Waals surface area (Å²) in [7, 11) is 0. The van der Waals surface area contributed by atoms with E-state index in [1.807, 2.05) is 27.7 Å². The Kier molecular flexibility index (Phi) is 8.02. The molecule has 15 heavy (non-hydrogen) atoms. The number of hydrogen-bond donors (Lipinski definition) is 1. The van der Waals surface area contributed by atoms with Gasteiger partial charge in [0.1, 0.15) is 0 Å². The van der Waals surface area contributed by atoms with E-state index in [0.29, 0.717) is 0 Å². The summed E-state index contributed by atoms with van der Waals surface area (Å²) in [6, 6.07) is 6.72. The molecular weight excluding hydrogens is 182 g/mol. The third kappa shape index (κ3) is 4.48. The number of fused-ring (bicyclic) bond motifs is 1. The molecule has 1 N–H and O–H groups in total. The number of aryl methyl sites for hydroxylation is 1. The molecule has 1 heteroatoms. The molecule has 0 aliphatic carbocycles. The van der Waals surface area contributed by atoms with Crippen molar-refractivity contribution in [2.75, 3.05) is 6.54 Å². The van der Waals surface area contributed by atoms with Crippen LogP contribution in [0.2, 0.25) is 0 Å². The molecule has 0 saturated carbocycles. The van der Waals surface area contributed by atoms with Gasteiger partial charge in [0.05, 0.1) is 0 Å². The monoisotopic (exact) mass is 207 g/mol. The predicted molar refractivity (Wildman–Crippen MR) is 69.3 cm³/mol. The first kappa shape index (κ1) is 14.2. The Bertz CT molecular complexity index is 266. The van der Waals surface area contributed by atoms with Crippen molar-refractivity contribution in [1.82, 2.24) is 5.32 Å². The van der Waals surface area contributed by atoms with Gasteiger partial charge in [0.15, 0.2) is 0 Å². The second kappa shape index (κ2) is 8.49. The standard InChI is InChI=1S/C10H13N.2C2H6/c1-8-2-3-10-7-11-5-4-9(10)6-8;2*1-2/h2-3,6,11H,4-5,7H2,1H3;2*1-2H3. The summed E-state index contributed by atoms with van der Waals surface area (Å²) in [5, 5.41) is 3.36. The minimum absolute atomic E-state index is 1.05. The van der Waals surface area contributed by atoms with Crippen LogP contribution in [0.1, 0.15) is 44.4 Å². The highest BCUT2D eigenvalue weighted by molar-refractivity contribution is 5.32. The average molecular weight is 207 g/mol. The summed E-state index contributed by atoms with van der Waals surface area (Å²) in [5.41, 5.74) is 4.39. The van der Waals surface area contributed by atoms with Crippen molar-refractivity contribution in [3.8, 4) is 0 Å². The van der Waals surface area contributed by atoms with E-state index in [-0.39, 0.29) is 0 Å². The second-order valence-electron chi connectivity index (χ2n) is 3.20. The quantitative estimate of drug-likeness (QED) is 0.684. The highest BCUT2D eigenvalue weighted by Gasteiger charge is 2.06. The maximum atomic E-state index is 3.36. The first-order valence-electron chi connectivity index (χ1n) is 6.15. The van der Waals surface area contributed by atoms with Crippen LogP contribution < -0.4 is 5.32 Å². The lowest BCUT2D eigenvalue weighted by atomic mass is 9.99. The molecule has 1 nitrogen and oxygen atoms in total. The van der Waals surface area contributed by atoms with Gasteiger partial charge in [-0.15, -0.1) is 0 Å². The molecule has 0 spiro atoms. The van der Waals surface area contributed by atoms with Crippen molar-refractivity contribution in [2.24, 2.45) is 0 Å². The van der Waals surface area contributed by atoms with Crippen molar-refractivity contribution in [1.29, 1.82) is 0 Å². The summed E-state index contributed by atoms with van der Waals surface area (Å²) in [4.78, 5) is 0. The maximum Gasteiger partial charge on any atom is 0.0208 e. The molecule has 2 rings (SSSR count). The largest absolute Gasteiger partial charge is 0.312 e. The molecule has 1 aromatic rings. The molecule has 0 radical (unpaired) electrons. The van der Waals surface area contributed by atoms with Crippen LogP contribution in [0.3, 0.4) is 0 Å². The van der Waals surface area contributed by atoms with Crippen molar-refractivity contribution < 1.29 is 0 Å². The zero-order valence-corrected chi connectivity index (χ0v) is 10.9. The first-order valence-corrected chi connectivity index (χ1v) is 6.15. The molecule has 0 fully saturated rings. The van der Waals surface area contributed by atoms with Gasteiger partial charge in [-0.1, -0.05) is 51.5 Å². The van der Waals surface area contributed by atoms with Gasteiger partial charge in [-0.25, -0.2) is 0 Å². The number of nitrogens with one attached hydrogen (secondary N) is 1. The number of rotatable bonds is 0. The minimum Gasteiger partial charge on any atom is -0.312 e. The summed E-state index contributed by atoms with van der Waals surface area (Å²) in [6.45, 7) is 12.3. The third-order valence-electron chi connectivity index (χ3n) is 2.25. The smallest absolute Gasteiger partial charge is 0.0208 e. The van der Waals surface area contributed by atoms with Crippen molar-refractivity contribution >= 4 is 0 Å². The van der Waals surface area contributed by atoms with Crippen LogP contribution in [0.5, 0.6) is 0 Å². The molecule has 1 heterocycles. The van der Waals surface area contributed by atoms with Crippen LogP contribution in [0.15, 0.2) is 18.2 Å². The van der Waals surface area contributed by atoms with E-state index >= 15 is 0 Å². The van der Waals surface area contributed by atoms with E-state index < -0.39 is 0 Å². The van der Waals surface area contributed by atoms with Gasteiger partial charge in [0, 0.05) is 6.54 Å². The fourth-order valence-corrected chi connectivity index (χ4v) is 1.61. The van der Waals surface area contributed by atoms with E-state index in [9.17, 15) is 0 Å². The molecule has 0 amide bonds. The van der Waals surface area contributed by atoms with E-state index in [1.54, 1.807) is 0 Å². The Morgan fingerprint density at radius 3 is 2.33 bits per heavy atom. The molecular formula is C14H25N. The molecule has 1 aliphatic heterocycles. The first-order chi connectivity index (χ1) is 7.36. The molecule has 0 atom stereocenters. The van der Waals surface area contributed by atoms with E-state index in [2.05, 4.69) is 30.4 Å². The fourth-order valence-electron chi connectivity index (χ4n) is 1.61. The van der Waals surface area contributed by atoms with E-state index in [4.69, 9.17) is 0 Å². The molecule has 0 saturated heterocycles. The summed E-state index contributed by atoms with van der Waals surface area (Å²) < 4.78 is 0. The lowest BCUT2D eigenvalue weighted by Crippen LogP contribution is -2.23. The Morgan fingerprint density at radius 2 is 1.67 bits per heavy atom. The fraction of sp³-hybridized carbons (Fsp3) is 0.571. The highest BCUT2D eigenvalue weighted by Crippen LogP contribution is 2.14. The summed E-state index contributed by atoms with van der Waals surface area (Å²) >= 11 is 0. The zero-order valence-electron chi connectivity index (χ0n) is 10.9. The molecule has 0 aromatic heterocycles. The average Bonchev–Trinajstić information content (AvgIpc) is 2.34. The van der Waals surface area contributed by atoms with E-state index in [1.165, 1.54) is 23.1 Å². The van der Waals surface area contributed by atoms with Crippen molar-refractivity contribution in [2.45, 2.75) is 47.6 Å². The van der Waals surface area contributed by atoms with Gasteiger partial charge in [0.25, 0.3) is 0 Å². The summed E-state index contributed by atoms with van der Waals surface area (Å²) in [5.74, 6) is 0. The summed E-state index contributed by atoms with van der Waals surface area (Å²) in [6.07, 6.45) is 1.19. The molecule has 86 valence electrons. The van der Waals surface area contributed by atoms with Gasteiger partial charge >= 0.3 is 0 Å². The van der Waals surface area contributed by atoms with Gasteiger partial charge in [-0.2, -0.15) is 0 Å². The third-order valence-corrected chi connectivity index (χ3v) is 2.25. The van der Waals surface area contributed by atoms with Crippen LogP contribution in [-0.4, -0.2) is 6.54 Å².